The fourth-order valence-electron chi connectivity index (χ4n) is 1.87. The van der Waals surface area contributed by atoms with Crippen LogP contribution in [0.4, 0.5) is 5.82 Å². The average Bonchev–Trinajstić information content (AvgIpc) is 2.52. The van der Waals surface area contributed by atoms with Gasteiger partial charge in [-0.25, -0.2) is 4.98 Å². The summed E-state index contributed by atoms with van der Waals surface area (Å²) < 4.78 is 10.4. The molecule has 2 rings (SSSR count). The lowest BCUT2D eigenvalue weighted by Gasteiger charge is -2.11. The Hall–Kier alpha value is -2.76. The molecule has 1 aromatic carbocycles. The van der Waals surface area contributed by atoms with Crippen LogP contribution in [0.15, 0.2) is 36.5 Å². The Balaban J connectivity index is 2.07. The van der Waals surface area contributed by atoms with E-state index in [1.807, 2.05) is 12.1 Å². The first-order chi connectivity index (χ1) is 10.1. The molecule has 21 heavy (non-hydrogen) atoms. The number of hydrogen-bond donors (Lipinski definition) is 2. The average molecular weight is 287 g/mol. The van der Waals surface area contributed by atoms with Gasteiger partial charge in [0.15, 0.2) is 0 Å². The minimum absolute atomic E-state index is 0.220. The standard InChI is InChI=1S/C15H17N3O3/c1-20-12-4-3-11(13(8-12)21-2)9-18-15(19)10-5-6-17-14(16)7-10/h3-8H,9H2,1-2H3,(H2,16,17)(H,18,19). The summed E-state index contributed by atoms with van der Waals surface area (Å²) in [7, 11) is 3.16. The van der Waals surface area contributed by atoms with E-state index in [1.54, 1.807) is 26.4 Å². The topological polar surface area (TPSA) is 86.5 Å². The molecule has 0 saturated heterocycles. The first-order valence-corrected chi connectivity index (χ1v) is 6.34. The number of nitrogens with one attached hydrogen (secondary N) is 1. The van der Waals surface area contributed by atoms with Gasteiger partial charge in [0.05, 0.1) is 14.2 Å². The Kier molecular flexibility index (Phi) is 4.61. The fourth-order valence-corrected chi connectivity index (χ4v) is 1.87. The van der Waals surface area contributed by atoms with Gasteiger partial charge in [-0.05, 0) is 24.3 Å². The van der Waals surface area contributed by atoms with Gasteiger partial charge in [-0.1, -0.05) is 0 Å². The van der Waals surface area contributed by atoms with Crippen molar-refractivity contribution in [3.8, 4) is 11.5 Å². The normalized spacial score (nSPS) is 10.0. The predicted octanol–water partition coefficient (Wildman–Crippen LogP) is 1.61. The van der Waals surface area contributed by atoms with Gasteiger partial charge >= 0.3 is 0 Å². The molecule has 1 aromatic heterocycles. The third kappa shape index (κ3) is 3.62. The molecule has 3 N–H and O–H groups in total. The van der Waals surface area contributed by atoms with Crippen molar-refractivity contribution in [2.75, 3.05) is 20.0 Å². The zero-order chi connectivity index (χ0) is 15.2. The number of benzene rings is 1. The maximum Gasteiger partial charge on any atom is 0.251 e. The van der Waals surface area contributed by atoms with Crippen LogP contribution in [0.3, 0.4) is 0 Å². The van der Waals surface area contributed by atoms with Crippen molar-refractivity contribution >= 4 is 11.7 Å². The smallest absolute Gasteiger partial charge is 0.251 e. The van der Waals surface area contributed by atoms with Crippen LogP contribution in [-0.2, 0) is 6.54 Å². The number of anilines is 1. The van der Waals surface area contributed by atoms with Crippen LogP contribution in [-0.4, -0.2) is 25.1 Å². The van der Waals surface area contributed by atoms with Crippen LogP contribution in [0, 0.1) is 0 Å². The summed E-state index contributed by atoms with van der Waals surface area (Å²) in [5, 5.41) is 2.81. The maximum atomic E-state index is 12.0. The predicted molar refractivity (Wildman–Crippen MR) is 79.4 cm³/mol. The Morgan fingerprint density at radius 2 is 2.05 bits per heavy atom. The van der Waals surface area contributed by atoms with E-state index in [0.29, 0.717) is 29.4 Å². The summed E-state index contributed by atoms with van der Waals surface area (Å²) in [6.07, 6.45) is 1.50. The Morgan fingerprint density at radius 1 is 1.24 bits per heavy atom. The van der Waals surface area contributed by atoms with Crippen LogP contribution < -0.4 is 20.5 Å². The van der Waals surface area contributed by atoms with Gasteiger partial charge < -0.3 is 20.5 Å². The molecule has 1 heterocycles. The summed E-state index contributed by atoms with van der Waals surface area (Å²) in [4.78, 5) is 15.9. The largest absolute Gasteiger partial charge is 0.497 e. The number of methoxy groups -OCH3 is 2. The van der Waals surface area contributed by atoms with Crippen LogP contribution in [0.2, 0.25) is 0 Å². The van der Waals surface area contributed by atoms with Crippen molar-refractivity contribution in [1.29, 1.82) is 0 Å². The molecule has 0 spiro atoms. The number of ether oxygens (including phenoxy) is 2. The van der Waals surface area contributed by atoms with Crippen LogP contribution in [0.5, 0.6) is 11.5 Å². The molecule has 1 amide bonds. The van der Waals surface area contributed by atoms with Crippen molar-refractivity contribution in [2.24, 2.45) is 0 Å². The molecule has 0 atom stereocenters. The van der Waals surface area contributed by atoms with E-state index in [1.165, 1.54) is 12.3 Å². The molecule has 2 aromatic rings. The summed E-state index contributed by atoms with van der Waals surface area (Å²) in [6.45, 7) is 0.341. The number of carbonyl (C=O) groups is 1. The van der Waals surface area contributed by atoms with Gasteiger partial charge in [0.1, 0.15) is 17.3 Å². The van der Waals surface area contributed by atoms with Gasteiger partial charge in [0.2, 0.25) is 0 Å². The van der Waals surface area contributed by atoms with Crippen molar-refractivity contribution in [3.63, 3.8) is 0 Å². The minimum atomic E-state index is -0.220. The molecule has 0 bridgehead atoms. The Labute approximate surface area is 122 Å². The van der Waals surface area contributed by atoms with Crippen molar-refractivity contribution in [1.82, 2.24) is 10.3 Å². The number of rotatable bonds is 5. The molecule has 0 unspecified atom stereocenters. The first-order valence-electron chi connectivity index (χ1n) is 6.34. The molecule has 0 radical (unpaired) electrons. The first kappa shape index (κ1) is 14.6. The fraction of sp³-hybridized carbons (Fsp3) is 0.200. The number of amides is 1. The summed E-state index contributed by atoms with van der Waals surface area (Å²) >= 11 is 0. The van der Waals surface area contributed by atoms with Crippen molar-refractivity contribution in [2.45, 2.75) is 6.54 Å². The molecule has 110 valence electrons. The molecule has 0 fully saturated rings. The summed E-state index contributed by atoms with van der Waals surface area (Å²) in [5.74, 6) is 1.44. The summed E-state index contributed by atoms with van der Waals surface area (Å²) in [5.41, 5.74) is 6.88. The van der Waals surface area contributed by atoms with E-state index in [4.69, 9.17) is 15.2 Å². The number of pyridine rings is 1. The molecular weight excluding hydrogens is 270 g/mol. The van der Waals surface area contributed by atoms with Gasteiger partial charge in [0, 0.05) is 29.9 Å². The highest BCUT2D eigenvalue weighted by Crippen LogP contribution is 2.24. The number of nitrogens with two attached hydrogens (primary N) is 1. The molecule has 0 aliphatic heterocycles. The lowest BCUT2D eigenvalue weighted by Crippen LogP contribution is -2.23. The number of carbonyl (C=O) groups excluding carboxylic acids is 1. The van der Waals surface area contributed by atoms with Gasteiger partial charge in [-0.2, -0.15) is 0 Å². The second kappa shape index (κ2) is 6.60. The minimum Gasteiger partial charge on any atom is -0.497 e. The Morgan fingerprint density at radius 3 is 2.71 bits per heavy atom. The van der Waals surface area contributed by atoms with Crippen LogP contribution in [0.25, 0.3) is 0 Å². The second-order valence-corrected chi connectivity index (χ2v) is 4.33. The zero-order valence-corrected chi connectivity index (χ0v) is 11.9. The highest BCUT2D eigenvalue weighted by Gasteiger charge is 2.09. The van der Waals surface area contributed by atoms with E-state index < -0.39 is 0 Å². The Bertz CT molecular complexity index is 644. The van der Waals surface area contributed by atoms with Crippen molar-refractivity contribution in [3.05, 3.63) is 47.7 Å². The van der Waals surface area contributed by atoms with Crippen LogP contribution >= 0.6 is 0 Å². The van der Waals surface area contributed by atoms with E-state index in [2.05, 4.69) is 10.3 Å². The second-order valence-electron chi connectivity index (χ2n) is 4.33. The maximum absolute atomic E-state index is 12.0. The lowest BCUT2D eigenvalue weighted by atomic mass is 10.1. The van der Waals surface area contributed by atoms with E-state index >= 15 is 0 Å². The van der Waals surface area contributed by atoms with E-state index in [9.17, 15) is 4.79 Å². The van der Waals surface area contributed by atoms with Gasteiger partial charge in [-0.15, -0.1) is 0 Å². The van der Waals surface area contributed by atoms with Gasteiger partial charge in [0.25, 0.3) is 5.91 Å². The third-order valence-electron chi connectivity index (χ3n) is 2.98. The number of aromatic nitrogens is 1. The number of nitrogens with zero attached hydrogens (tertiary/aromatic N) is 1. The molecule has 0 aliphatic carbocycles. The highest BCUT2D eigenvalue weighted by atomic mass is 16.5. The molecule has 6 nitrogen and oxygen atoms in total. The van der Waals surface area contributed by atoms with E-state index in [-0.39, 0.29) is 5.91 Å². The zero-order valence-electron chi connectivity index (χ0n) is 11.9. The molecular formula is C15H17N3O3. The van der Waals surface area contributed by atoms with Crippen molar-refractivity contribution < 1.29 is 14.3 Å². The number of nitrogen functional groups attached to an aromatic ring is 1. The lowest BCUT2D eigenvalue weighted by molar-refractivity contribution is 0.0950. The molecule has 0 aliphatic rings. The van der Waals surface area contributed by atoms with Crippen LogP contribution in [0.1, 0.15) is 15.9 Å². The quantitative estimate of drug-likeness (QED) is 0.872. The van der Waals surface area contributed by atoms with Gasteiger partial charge in [-0.3, -0.25) is 4.79 Å². The molecule has 6 heteroatoms. The highest BCUT2D eigenvalue weighted by molar-refractivity contribution is 5.94. The monoisotopic (exact) mass is 287 g/mol. The SMILES string of the molecule is COc1ccc(CNC(=O)c2ccnc(N)c2)c(OC)c1. The summed E-state index contributed by atoms with van der Waals surface area (Å²) in [6, 6.07) is 8.57. The van der Waals surface area contributed by atoms with E-state index in [0.717, 1.165) is 5.56 Å². The number of hydrogen-bond acceptors (Lipinski definition) is 5. The molecule has 0 saturated carbocycles. The third-order valence-corrected chi connectivity index (χ3v) is 2.98.